The molecule has 19 heavy (non-hydrogen) atoms. The first-order valence-corrected chi connectivity index (χ1v) is 7.88. The summed E-state index contributed by atoms with van der Waals surface area (Å²) in [7, 11) is -0.286. The van der Waals surface area contributed by atoms with Crippen LogP contribution in [0.15, 0.2) is 29.2 Å². The lowest BCUT2D eigenvalue weighted by molar-refractivity contribution is 0.521. The average Bonchev–Trinajstić information content (AvgIpc) is 2.75. The van der Waals surface area contributed by atoms with Gasteiger partial charge in [0.15, 0.2) is 0 Å². The molecule has 2 atom stereocenters. The highest BCUT2D eigenvalue weighted by Gasteiger charge is 2.21. The van der Waals surface area contributed by atoms with Crippen molar-refractivity contribution in [3.8, 4) is 0 Å². The third-order valence-corrected chi connectivity index (χ3v) is 5.31. The SMILES string of the molecule is CN(C)S(=O)(=O)c1ccc(NC2CCC(N)C2)cc1. The van der Waals surface area contributed by atoms with Crippen LogP contribution in [-0.2, 0) is 10.0 Å². The molecule has 3 N–H and O–H groups in total. The van der Waals surface area contributed by atoms with Gasteiger partial charge in [-0.1, -0.05) is 0 Å². The molecule has 0 radical (unpaired) electrons. The van der Waals surface area contributed by atoms with Gasteiger partial charge in [-0.25, -0.2) is 12.7 Å². The lowest BCUT2D eigenvalue weighted by Gasteiger charge is -2.15. The Morgan fingerprint density at radius 1 is 1.21 bits per heavy atom. The number of rotatable bonds is 4. The van der Waals surface area contributed by atoms with Crippen LogP contribution in [0.4, 0.5) is 5.69 Å². The Bertz CT molecular complexity index is 525. The van der Waals surface area contributed by atoms with Crippen LogP contribution in [-0.4, -0.2) is 38.9 Å². The highest BCUT2D eigenvalue weighted by Crippen LogP contribution is 2.23. The first-order chi connectivity index (χ1) is 8.89. The first kappa shape index (κ1) is 14.3. The molecule has 5 nitrogen and oxygen atoms in total. The molecule has 1 aliphatic carbocycles. The summed E-state index contributed by atoms with van der Waals surface area (Å²) in [5.41, 5.74) is 6.81. The minimum absolute atomic E-state index is 0.283. The van der Waals surface area contributed by atoms with Gasteiger partial charge in [-0.3, -0.25) is 0 Å². The average molecular weight is 283 g/mol. The second-order valence-corrected chi connectivity index (χ2v) is 7.38. The fourth-order valence-electron chi connectivity index (χ4n) is 2.32. The third-order valence-electron chi connectivity index (χ3n) is 3.48. The van der Waals surface area contributed by atoms with E-state index in [0.29, 0.717) is 10.9 Å². The molecule has 0 heterocycles. The molecule has 0 saturated heterocycles. The number of hydrogen-bond donors (Lipinski definition) is 2. The monoisotopic (exact) mass is 283 g/mol. The number of nitrogens with one attached hydrogen (secondary N) is 1. The largest absolute Gasteiger partial charge is 0.382 e. The lowest BCUT2D eigenvalue weighted by atomic mass is 10.2. The van der Waals surface area contributed by atoms with Crippen LogP contribution in [0.2, 0.25) is 0 Å². The van der Waals surface area contributed by atoms with E-state index >= 15 is 0 Å². The molecule has 1 aromatic rings. The molecule has 1 aliphatic rings. The minimum atomic E-state index is -3.34. The van der Waals surface area contributed by atoms with Crippen molar-refractivity contribution < 1.29 is 8.42 Å². The Hall–Kier alpha value is -1.11. The van der Waals surface area contributed by atoms with Crippen molar-refractivity contribution in [1.29, 1.82) is 0 Å². The van der Waals surface area contributed by atoms with E-state index in [-0.39, 0.29) is 6.04 Å². The van der Waals surface area contributed by atoms with Gasteiger partial charge in [-0.15, -0.1) is 0 Å². The van der Waals surface area contributed by atoms with Crippen molar-refractivity contribution in [3.05, 3.63) is 24.3 Å². The smallest absolute Gasteiger partial charge is 0.242 e. The highest BCUT2D eigenvalue weighted by atomic mass is 32.2. The summed E-state index contributed by atoms with van der Waals surface area (Å²) in [5.74, 6) is 0. The van der Waals surface area contributed by atoms with Crippen molar-refractivity contribution in [2.24, 2.45) is 5.73 Å². The molecule has 2 rings (SSSR count). The number of hydrogen-bond acceptors (Lipinski definition) is 4. The van der Waals surface area contributed by atoms with Gasteiger partial charge in [0.1, 0.15) is 0 Å². The van der Waals surface area contributed by atoms with Crippen LogP contribution >= 0.6 is 0 Å². The van der Waals surface area contributed by atoms with Crippen LogP contribution in [0.5, 0.6) is 0 Å². The molecule has 0 aliphatic heterocycles. The molecule has 0 bridgehead atoms. The van der Waals surface area contributed by atoms with Crippen molar-refractivity contribution >= 4 is 15.7 Å². The van der Waals surface area contributed by atoms with Gasteiger partial charge in [0.2, 0.25) is 10.0 Å². The van der Waals surface area contributed by atoms with E-state index in [1.807, 2.05) is 0 Å². The Balaban J connectivity index is 2.07. The van der Waals surface area contributed by atoms with E-state index < -0.39 is 10.0 Å². The molecular weight excluding hydrogens is 262 g/mol. The van der Waals surface area contributed by atoms with Gasteiger partial charge in [-0.2, -0.15) is 0 Å². The zero-order valence-electron chi connectivity index (χ0n) is 11.3. The van der Waals surface area contributed by atoms with Crippen molar-refractivity contribution in [3.63, 3.8) is 0 Å². The summed E-state index contributed by atoms with van der Waals surface area (Å²) in [6.45, 7) is 0. The molecule has 0 aromatic heterocycles. The zero-order valence-corrected chi connectivity index (χ0v) is 12.2. The van der Waals surface area contributed by atoms with E-state index in [1.54, 1.807) is 24.3 Å². The van der Waals surface area contributed by atoms with Crippen molar-refractivity contribution in [2.75, 3.05) is 19.4 Å². The van der Waals surface area contributed by atoms with Gasteiger partial charge >= 0.3 is 0 Å². The molecule has 1 fully saturated rings. The minimum Gasteiger partial charge on any atom is -0.382 e. The van der Waals surface area contributed by atoms with Gasteiger partial charge < -0.3 is 11.1 Å². The van der Waals surface area contributed by atoms with Gasteiger partial charge in [-0.05, 0) is 43.5 Å². The Labute approximate surface area is 114 Å². The number of nitrogens with two attached hydrogens (primary N) is 1. The molecule has 2 unspecified atom stereocenters. The summed E-state index contributed by atoms with van der Waals surface area (Å²) < 4.78 is 25.1. The van der Waals surface area contributed by atoms with Gasteiger partial charge in [0.25, 0.3) is 0 Å². The number of nitrogens with zero attached hydrogens (tertiary/aromatic N) is 1. The second-order valence-electron chi connectivity index (χ2n) is 5.23. The number of benzene rings is 1. The fourth-order valence-corrected chi connectivity index (χ4v) is 3.22. The molecular formula is C13H21N3O2S. The molecule has 6 heteroatoms. The van der Waals surface area contributed by atoms with Crippen molar-refractivity contribution in [2.45, 2.75) is 36.2 Å². The first-order valence-electron chi connectivity index (χ1n) is 6.44. The highest BCUT2D eigenvalue weighted by molar-refractivity contribution is 7.89. The molecule has 0 spiro atoms. The zero-order chi connectivity index (χ0) is 14.0. The Kier molecular flexibility index (Phi) is 4.13. The van der Waals surface area contributed by atoms with Crippen LogP contribution < -0.4 is 11.1 Å². The van der Waals surface area contributed by atoms with Crippen LogP contribution in [0, 0.1) is 0 Å². The maximum atomic E-state index is 11.9. The standard InChI is InChI=1S/C13H21N3O2S/c1-16(2)19(17,18)13-7-5-11(6-8-13)15-12-4-3-10(14)9-12/h5-8,10,12,15H,3-4,9,14H2,1-2H3. The van der Waals surface area contributed by atoms with E-state index in [0.717, 1.165) is 24.9 Å². The molecule has 1 aromatic carbocycles. The third kappa shape index (κ3) is 3.26. The summed E-state index contributed by atoms with van der Waals surface area (Å²) in [4.78, 5) is 0.311. The maximum absolute atomic E-state index is 11.9. The number of anilines is 1. The van der Waals surface area contributed by atoms with E-state index in [2.05, 4.69) is 5.32 Å². The lowest BCUT2D eigenvalue weighted by Crippen LogP contribution is -2.22. The Morgan fingerprint density at radius 3 is 2.32 bits per heavy atom. The molecule has 106 valence electrons. The van der Waals surface area contributed by atoms with E-state index in [4.69, 9.17) is 5.73 Å². The summed E-state index contributed by atoms with van der Waals surface area (Å²) in [6, 6.07) is 7.55. The van der Waals surface area contributed by atoms with Crippen LogP contribution in [0.25, 0.3) is 0 Å². The quantitative estimate of drug-likeness (QED) is 0.871. The second kappa shape index (κ2) is 5.48. The predicted octanol–water partition coefficient (Wildman–Crippen LogP) is 1.23. The fraction of sp³-hybridized carbons (Fsp3) is 0.538. The predicted molar refractivity (Wildman–Crippen MR) is 76.6 cm³/mol. The van der Waals surface area contributed by atoms with Crippen molar-refractivity contribution in [1.82, 2.24) is 4.31 Å². The normalized spacial score (nSPS) is 23.8. The topological polar surface area (TPSA) is 75.4 Å². The molecule has 0 amide bonds. The summed E-state index contributed by atoms with van der Waals surface area (Å²) >= 11 is 0. The Morgan fingerprint density at radius 2 is 1.84 bits per heavy atom. The van der Waals surface area contributed by atoms with E-state index in [9.17, 15) is 8.42 Å². The van der Waals surface area contributed by atoms with Crippen LogP contribution in [0.3, 0.4) is 0 Å². The summed E-state index contributed by atoms with van der Waals surface area (Å²) in [5, 5.41) is 3.39. The van der Waals surface area contributed by atoms with Gasteiger partial charge in [0.05, 0.1) is 4.90 Å². The van der Waals surface area contributed by atoms with Gasteiger partial charge in [0, 0.05) is 31.9 Å². The maximum Gasteiger partial charge on any atom is 0.242 e. The van der Waals surface area contributed by atoms with E-state index in [1.165, 1.54) is 18.4 Å². The number of sulfonamides is 1. The van der Waals surface area contributed by atoms with Crippen LogP contribution in [0.1, 0.15) is 19.3 Å². The summed E-state index contributed by atoms with van der Waals surface area (Å²) in [6.07, 6.45) is 3.08. The molecule has 1 saturated carbocycles.